The molecule has 0 amide bonds. The lowest BCUT2D eigenvalue weighted by molar-refractivity contribution is 0.475. The molecular weight excluding hydrogens is 544 g/mol. The number of sulfonamides is 1. The van der Waals surface area contributed by atoms with Crippen LogP contribution in [0.1, 0.15) is 50.9 Å². The van der Waals surface area contributed by atoms with Crippen molar-refractivity contribution in [2.24, 2.45) is 17.6 Å². The maximum atomic E-state index is 13.2. The molecule has 1 fully saturated rings. The summed E-state index contributed by atoms with van der Waals surface area (Å²) in [6.07, 6.45) is 1.82. The molecule has 9 heteroatoms. The van der Waals surface area contributed by atoms with Crippen LogP contribution in [-0.2, 0) is 28.5 Å². The second kappa shape index (κ2) is 11.9. The van der Waals surface area contributed by atoms with Crippen molar-refractivity contribution in [3.8, 4) is 11.3 Å². The maximum Gasteiger partial charge on any atom is 0.238 e. The number of pyridine rings is 1. The van der Waals surface area contributed by atoms with Gasteiger partial charge < -0.3 is 10.6 Å². The highest BCUT2D eigenvalue weighted by Crippen LogP contribution is 2.40. The van der Waals surface area contributed by atoms with E-state index in [-0.39, 0.29) is 0 Å². The van der Waals surface area contributed by atoms with Gasteiger partial charge >= 0.3 is 0 Å². The van der Waals surface area contributed by atoms with Crippen LogP contribution < -0.4 is 14.9 Å². The monoisotopic (exact) mass is 586 g/mol. The van der Waals surface area contributed by atoms with Crippen molar-refractivity contribution >= 4 is 21.7 Å². The highest BCUT2D eigenvalue weighted by atomic mass is 32.2. The van der Waals surface area contributed by atoms with Crippen LogP contribution in [0, 0.1) is 11.8 Å². The Morgan fingerprint density at radius 1 is 1.00 bits per heavy atom. The highest BCUT2D eigenvalue weighted by molar-refractivity contribution is 7.93. The Balaban J connectivity index is 1.55. The first-order chi connectivity index (χ1) is 19.9. The molecule has 2 aromatic heterocycles. The van der Waals surface area contributed by atoms with Gasteiger partial charge in [0, 0.05) is 25.7 Å². The molecule has 2 aromatic carbocycles. The van der Waals surface area contributed by atoms with Crippen LogP contribution in [0.3, 0.4) is 0 Å². The van der Waals surface area contributed by atoms with Gasteiger partial charge in [-0.15, -0.1) is 0 Å². The fourth-order valence-corrected chi connectivity index (χ4v) is 6.26. The van der Waals surface area contributed by atoms with Crippen molar-refractivity contribution in [3.63, 3.8) is 0 Å². The number of hydrogen-bond acceptors (Lipinski definition) is 6. The molecular formula is C33H42N6O2S. The normalized spacial score (nSPS) is 18.1. The third-order valence-corrected chi connectivity index (χ3v) is 10.4. The lowest BCUT2D eigenvalue weighted by atomic mass is 9.90. The van der Waals surface area contributed by atoms with Crippen LogP contribution in [0.2, 0.25) is 0 Å². The highest BCUT2D eigenvalue weighted by Gasteiger charge is 2.35. The van der Waals surface area contributed by atoms with E-state index < -0.39 is 20.8 Å². The van der Waals surface area contributed by atoms with Gasteiger partial charge in [0.05, 0.1) is 22.2 Å². The van der Waals surface area contributed by atoms with E-state index >= 15 is 0 Å². The SMILES string of the molecule is CC1CC1CN(Cc1ccccc1)c1cc(-c2cc([C@](C)(N)Cc3ccccc3)[nH]n2)cc(N(C)S(=O)(=O)C(C)C)n1. The first-order valence-electron chi connectivity index (χ1n) is 14.6. The summed E-state index contributed by atoms with van der Waals surface area (Å²) in [4.78, 5) is 7.20. The number of aromatic amines is 1. The quantitative estimate of drug-likeness (QED) is 0.220. The average Bonchev–Trinajstić information content (AvgIpc) is 3.42. The number of benzene rings is 2. The standard InChI is InChI=1S/C33H42N6O2S/c1-23(2)42(40,41)38(5)31-17-27(29-19-30(37-36-29)33(4,34)20-25-12-8-6-9-13-25)18-32(35-31)39(22-28-16-24(28)3)21-26-14-10-7-11-15-26/h6-15,17-19,23-24,28H,16,20-22,34H2,1-5H3,(H,36,37)/t24?,28?,33-/m1/s1. The van der Waals surface area contributed by atoms with E-state index in [1.54, 1.807) is 27.0 Å². The molecule has 0 spiro atoms. The molecule has 1 aliphatic rings. The van der Waals surface area contributed by atoms with Crippen molar-refractivity contribution in [2.45, 2.75) is 57.9 Å². The molecule has 2 heterocycles. The Labute approximate surface area is 250 Å². The van der Waals surface area contributed by atoms with Crippen LogP contribution in [0.5, 0.6) is 0 Å². The van der Waals surface area contributed by atoms with Crippen LogP contribution in [-0.4, -0.2) is 42.4 Å². The molecule has 3 N–H and O–H groups in total. The molecule has 42 heavy (non-hydrogen) atoms. The minimum Gasteiger partial charge on any atom is -0.352 e. The molecule has 222 valence electrons. The van der Waals surface area contributed by atoms with Crippen LogP contribution in [0.15, 0.2) is 78.9 Å². The van der Waals surface area contributed by atoms with Crippen LogP contribution >= 0.6 is 0 Å². The fraction of sp³-hybridized carbons (Fsp3) is 0.394. The first kappa shape index (κ1) is 29.8. The van der Waals surface area contributed by atoms with Gasteiger partial charge in [-0.2, -0.15) is 5.10 Å². The molecule has 4 aromatic rings. The zero-order chi connectivity index (χ0) is 30.1. The summed E-state index contributed by atoms with van der Waals surface area (Å²) in [5, 5.41) is 7.21. The molecule has 0 saturated heterocycles. The lowest BCUT2D eigenvalue weighted by Gasteiger charge is -2.27. The van der Waals surface area contributed by atoms with Crippen molar-refractivity contribution < 1.29 is 8.42 Å². The molecule has 3 atom stereocenters. The lowest BCUT2D eigenvalue weighted by Crippen LogP contribution is -2.35. The predicted molar refractivity (Wildman–Crippen MR) is 171 cm³/mol. The molecule has 0 radical (unpaired) electrons. The molecule has 2 unspecified atom stereocenters. The molecule has 0 aliphatic heterocycles. The van der Waals surface area contributed by atoms with E-state index in [4.69, 9.17) is 10.7 Å². The second-order valence-electron chi connectivity index (χ2n) is 12.2. The summed E-state index contributed by atoms with van der Waals surface area (Å²) in [5.74, 6) is 2.33. The largest absolute Gasteiger partial charge is 0.352 e. The van der Waals surface area contributed by atoms with Crippen LogP contribution in [0.25, 0.3) is 11.3 Å². The van der Waals surface area contributed by atoms with Crippen LogP contribution in [0.4, 0.5) is 11.6 Å². The van der Waals surface area contributed by atoms with Gasteiger partial charge in [-0.25, -0.2) is 13.4 Å². The van der Waals surface area contributed by atoms with Crippen molar-refractivity contribution in [3.05, 3.63) is 95.7 Å². The summed E-state index contributed by atoms with van der Waals surface area (Å²) in [6.45, 7) is 9.14. The third-order valence-electron chi connectivity index (χ3n) is 8.27. The summed E-state index contributed by atoms with van der Waals surface area (Å²) in [5.41, 5.74) is 10.7. The van der Waals surface area contributed by atoms with Gasteiger partial charge in [0.15, 0.2) is 0 Å². The number of hydrogen-bond donors (Lipinski definition) is 2. The van der Waals surface area contributed by atoms with E-state index in [0.29, 0.717) is 36.3 Å². The molecule has 5 rings (SSSR count). The first-order valence-corrected chi connectivity index (χ1v) is 16.1. The van der Waals surface area contributed by atoms with E-state index in [0.717, 1.165) is 29.2 Å². The zero-order valence-electron chi connectivity index (χ0n) is 25.2. The number of anilines is 2. The number of H-pyrrole nitrogens is 1. The second-order valence-corrected chi connectivity index (χ2v) is 14.7. The smallest absolute Gasteiger partial charge is 0.238 e. The Morgan fingerprint density at radius 3 is 2.19 bits per heavy atom. The molecule has 1 saturated carbocycles. The summed E-state index contributed by atoms with van der Waals surface area (Å²) < 4.78 is 27.7. The van der Waals surface area contributed by atoms with Gasteiger partial charge in [-0.1, -0.05) is 67.6 Å². The maximum absolute atomic E-state index is 13.2. The van der Waals surface area contributed by atoms with Crippen molar-refractivity contribution in [1.29, 1.82) is 0 Å². The third kappa shape index (κ3) is 6.68. The van der Waals surface area contributed by atoms with Gasteiger partial charge in [-0.05, 0) is 74.8 Å². The van der Waals surface area contributed by atoms with Gasteiger partial charge in [0.1, 0.15) is 11.6 Å². The van der Waals surface area contributed by atoms with Crippen molar-refractivity contribution in [2.75, 3.05) is 22.8 Å². The molecule has 8 nitrogen and oxygen atoms in total. The van der Waals surface area contributed by atoms with Gasteiger partial charge in [0.2, 0.25) is 10.0 Å². The summed E-state index contributed by atoms with van der Waals surface area (Å²) in [7, 11) is -2.03. The topological polar surface area (TPSA) is 108 Å². The Kier molecular flexibility index (Phi) is 8.44. The van der Waals surface area contributed by atoms with E-state index in [1.165, 1.54) is 16.3 Å². The van der Waals surface area contributed by atoms with Gasteiger partial charge in [0.25, 0.3) is 0 Å². The van der Waals surface area contributed by atoms with E-state index in [9.17, 15) is 8.42 Å². The molecule has 1 aliphatic carbocycles. The minimum atomic E-state index is -3.60. The Morgan fingerprint density at radius 2 is 1.60 bits per heavy atom. The fourth-order valence-electron chi connectivity index (χ4n) is 5.28. The predicted octanol–water partition coefficient (Wildman–Crippen LogP) is 5.73. The van der Waals surface area contributed by atoms with Crippen molar-refractivity contribution in [1.82, 2.24) is 15.2 Å². The number of aromatic nitrogens is 3. The molecule has 0 bridgehead atoms. The zero-order valence-corrected chi connectivity index (χ0v) is 26.0. The number of rotatable bonds is 12. The Hall–Kier alpha value is -3.69. The summed E-state index contributed by atoms with van der Waals surface area (Å²) >= 11 is 0. The minimum absolute atomic E-state index is 0.363. The number of nitrogens with one attached hydrogen (secondary N) is 1. The summed E-state index contributed by atoms with van der Waals surface area (Å²) in [6, 6.07) is 26.2. The van der Waals surface area contributed by atoms with Gasteiger partial charge in [-0.3, -0.25) is 9.40 Å². The number of nitrogens with two attached hydrogens (primary N) is 1. The Bertz CT molecular complexity index is 1600. The van der Waals surface area contributed by atoms with E-state index in [1.807, 2.05) is 55.5 Å². The average molecular weight is 587 g/mol. The number of nitrogens with zero attached hydrogens (tertiary/aromatic N) is 4. The van der Waals surface area contributed by atoms with E-state index in [2.05, 4.69) is 46.3 Å².